The molecule has 1 unspecified atom stereocenters. The lowest BCUT2D eigenvalue weighted by molar-refractivity contribution is -0.137. The van der Waals surface area contributed by atoms with Crippen LogP contribution in [-0.2, 0) is 4.79 Å². The third kappa shape index (κ3) is 6.80. The smallest absolute Gasteiger partial charge is 0.303 e. The van der Waals surface area contributed by atoms with E-state index >= 15 is 0 Å². The highest BCUT2D eigenvalue weighted by atomic mass is 32.1. The van der Waals surface area contributed by atoms with Crippen LogP contribution in [0.25, 0.3) is 0 Å². The van der Waals surface area contributed by atoms with Crippen LogP contribution in [0.1, 0.15) is 69.1 Å². The first-order chi connectivity index (χ1) is 8.70. The van der Waals surface area contributed by atoms with Crippen LogP contribution in [0.4, 0.5) is 0 Å². The molecule has 2 nitrogen and oxygen atoms in total. The van der Waals surface area contributed by atoms with Crippen molar-refractivity contribution in [2.75, 3.05) is 0 Å². The van der Waals surface area contributed by atoms with E-state index < -0.39 is 5.97 Å². The first-order valence-electron chi connectivity index (χ1n) is 6.95. The van der Waals surface area contributed by atoms with Gasteiger partial charge in [0.25, 0.3) is 0 Å². The molecule has 1 rings (SSSR count). The fraction of sp³-hybridized carbons (Fsp3) is 0.667. The Morgan fingerprint density at radius 2 is 1.89 bits per heavy atom. The number of aliphatic carboxylic acids is 1. The molecular formula is C15H24O2S. The number of unbranched alkanes of at least 4 members (excludes halogenated alkanes) is 5. The lowest BCUT2D eigenvalue weighted by Gasteiger charge is -2.08. The van der Waals surface area contributed by atoms with Gasteiger partial charge >= 0.3 is 5.97 Å². The van der Waals surface area contributed by atoms with Gasteiger partial charge in [-0.2, -0.15) is 0 Å². The molecular weight excluding hydrogens is 244 g/mol. The number of hydrogen-bond acceptors (Lipinski definition) is 2. The summed E-state index contributed by atoms with van der Waals surface area (Å²) in [6.07, 6.45) is 8.50. The van der Waals surface area contributed by atoms with Crippen LogP contribution in [0.5, 0.6) is 0 Å². The molecule has 0 bridgehead atoms. The second-order valence-electron chi connectivity index (χ2n) is 4.97. The Bertz CT molecular complexity index is 319. The molecule has 102 valence electrons. The summed E-state index contributed by atoms with van der Waals surface area (Å²) < 4.78 is 0. The second kappa shape index (κ2) is 9.15. The number of hydrogen-bond donors (Lipinski definition) is 1. The summed E-state index contributed by atoms with van der Waals surface area (Å²) in [6.45, 7) is 2.30. The summed E-state index contributed by atoms with van der Waals surface area (Å²) in [5, 5.41) is 10.7. The molecule has 0 saturated carbocycles. The van der Waals surface area contributed by atoms with Crippen molar-refractivity contribution in [3.8, 4) is 0 Å². The van der Waals surface area contributed by atoms with Crippen molar-refractivity contribution in [3.05, 3.63) is 22.4 Å². The zero-order valence-corrected chi connectivity index (χ0v) is 12.0. The van der Waals surface area contributed by atoms with Gasteiger partial charge in [-0.05, 0) is 30.2 Å². The molecule has 0 fully saturated rings. The molecule has 1 aromatic heterocycles. The summed E-state index contributed by atoms with van der Waals surface area (Å²) in [4.78, 5) is 11.8. The lowest BCUT2D eigenvalue weighted by Crippen LogP contribution is -1.93. The van der Waals surface area contributed by atoms with Crippen molar-refractivity contribution in [2.24, 2.45) is 0 Å². The molecule has 18 heavy (non-hydrogen) atoms. The molecule has 0 spiro atoms. The molecule has 0 saturated heterocycles. The van der Waals surface area contributed by atoms with Crippen LogP contribution in [0.2, 0.25) is 0 Å². The Labute approximate surface area is 114 Å². The van der Waals surface area contributed by atoms with Gasteiger partial charge in [0, 0.05) is 11.3 Å². The van der Waals surface area contributed by atoms with Crippen LogP contribution >= 0.6 is 11.3 Å². The third-order valence-corrected chi connectivity index (χ3v) is 4.41. The summed E-state index contributed by atoms with van der Waals surface area (Å²) >= 11 is 1.85. The van der Waals surface area contributed by atoms with Crippen LogP contribution in [0, 0.1) is 0 Å². The predicted molar refractivity (Wildman–Crippen MR) is 77.3 cm³/mol. The van der Waals surface area contributed by atoms with Crippen molar-refractivity contribution < 1.29 is 9.90 Å². The minimum Gasteiger partial charge on any atom is -0.481 e. The van der Waals surface area contributed by atoms with Gasteiger partial charge in [0.1, 0.15) is 0 Å². The Morgan fingerprint density at radius 1 is 1.22 bits per heavy atom. The van der Waals surface area contributed by atoms with Gasteiger partial charge in [0.05, 0.1) is 0 Å². The monoisotopic (exact) mass is 268 g/mol. The third-order valence-electron chi connectivity index (χ3n) is 3.31. The van der Waals surface area contributed by atoms with Crippen LogP contribution in [-0.4, -0.2) is 11.1 Å². The molecule has 0 aliphatic heterocycles. The van der Waals surface area contributed by atoms with Gasteiger partial charge in [-0.1, -0.05) is 45.1 Å². The van der Waals surface area contributed by atoms with Gasteiger partial charge in [-0.25, -0.2) is 0 Å². The Balaban J connectivity index is 1.91. The van der Waals surface area contributed by atoms with Crippen molar-refractivity contribution in [1.29, 1.82) is 0 Å². The molecule has 1 N–H and O–H groups in total. The molecule has 0 amide bonds. The minimum absolute atomic E-state index is 0.329. The van der Waals surface area contributed by atoms with Crippen LogP contribution in [0.3, 0.4) is 0 Å². The number of carboxylic acids is 1. The normalized spacial score (nSPS) is 12.5. The van der Waals surface area contributed by atoms with E-state index in [1.165, 1.54) is 37.0 Å². The van der Waals surface area contributed by atoms with Gasteiger partial charge in [-0.3, -0.25) is 4.79 Å². The highest BCUT2D eigenvalue weighted by Gasteiger charge is 2.05. The Hall–Kier alpha value is -0.830. The van der Waals surface area contributed by atoms with E-state index in [4.69, 9.17) is 5.11 Å². The molecule has 0 aromatic carbocycles. The molecule has 1 heterocycles. The maximum atomic E-state index is 10.3. The van der Waals surface area contributed by atoms with E-state index in [0.29, 0.717) is 12.3 Å². The molecule has 0 aliphatic carbocycles. The summed E-state index contributed by atoms with van der Waals surface area (Å²) in [5.41, 5.74) is 0. The SMILES string of the molecule is CC(CCCCCCCCC(=O)O)c1cccs1. The largest absolute Gasteiger partial charge is 0.481 e. The first-order valence-corrected chi connectivity index (χ1v) is 7.83. The topological polar surface area (TPSA) is 37.3 Å². The number of carboxylic acid groups (broad SMARTS) is 1. The van der Waals surface area contributed by atoms with Crippen molar-refractivity contribution in [3.63, 3.8) is 0 Å². The highest BCUT2D eigenvalue weighted by Crippen LogP contribution is 2.25. The highest BCUT2D eigenvalue weighted by molar-refractivity contribution is 7.10. The fourth-order valence-electron chi connectivity index (χ4n) is 2.15. The summed E-state index contributed by atoms with van der Waals surface area (Å²) in [7, 11) is 0. The predicted octanol–water partition coefficient (Wildman–Crippen LogP) is 5.06. The van der Waals surface area contributed by atoms with E-state index in [2.05, 4.69) is 24.4 Å². The lowest BCUT2D eigenvalue weighted by atomic mass is 10.0. The summed E-state index contributed by atoms with van der Waals surface area (Å²) in [5.74, 6) is 0.0248. The number of rotatable bonds is 10. The Kier molecular flexibility index (Phi) is 7.74. The average Bonchev–Trinajstić information content (AvgIpc) is 2.85. The molecule has 1 atom stereocenters. The van der Waals surface area contributed by atoms with E-state index in [9.17, 15) is 4.79 Å². The van der Waals surface area contributed by atoms with E-state index in [1.807, 2.05) is 11.3 Å². The van der Waals surface area contributed by atoms with E-state index in [0.717, 1.165) is 12.8 Å². The quantitative estimate of drug-likeness (QED) is 0.602. The minimum atomic E-state index is -0.667. The van der Waals surface area contributed by atoms with Crippen LogP contribution < -0.4 is 0 Å². The summed E-state index contributed by atoms with van der Waals surface area (Å²) in [6, 6.07) is 4.35. The number of carbonyl (C=O) groups is 1. The van der Waals surface area contributed by atoms with Gasteiger partial charge in [0.15, 0.2) is 0 Å². The molecule has 1 aromatic rings. The van der Waals surface area contributed by atoms with Gasteiger partial charge in [-0.15, -0.1) is 11.3 Å². The number of thiophene rings is 1. The Morgan fingerprint density at radius 3 is 2.50 bits per heavy atom. The average molecular weight is 268 g/mol. The van der Waals surface area contributed by atoms with Gasteiger partial charge < -0.3 is 5.11 Å². The molecule has 0 aliphatic rings. The molecule has 0 radical (unpaired) electrons. The standard InChI is InChI=1S/C15H24O2S/c1-13(14-10-8-12-18-14)9-6-4-2-3-5-7-11-15(16)17/h8,10,12-13H,2-7,9,11H2,1H3,(H,16,17). The van der Waals surface area contributed by atoms with Crippen molar-refractivity contribution >= 4 is 17.3 Å². The van der Waals surface area contributed by atoms with Crippen molar-refractivity contribution in [1.82, 2.24) is 0 Å². The van der Waals surface area contributed by atoms with E-state index in [-0.39, 0.29) is 0 Å². The first kappa shape index (κ1) is 15.2. The van der Waals surface area contributed by atoms with Crippen molar-refractivity contribution in [2.45, 2.75) is 64.2 Å². The van der Waals surface area contributed by atoms with E-state index in [1.54, 1.807) is 0 Å². The second-order valence-corrected chi connectivity index (χ2v) is 5.95. The van der Waals surface area contributed by atoms with Crippen LogP contribution in [0.15, 0.2) is 17.5 Å². The molecule has 3 heteroatoms. The maximum Gasteiger partial charge on any atom is 0.303 e. The fourth-order valence-corrected chi connectivity index (χ4v) is 2.97. The zero-order valence-electron chi connectivity index (χ0n) is 11.2. The maximum absolute atomic E-state index is 10.3. The van der Waals surface area contributed by atoms with Gasteiger partial charge in [0.2, 0.25) is 0 Å². The zero-order chi connectivity index (χ0) is 13.2.